The molecule has 0 bridgehead atoms. The van der Waals surface area contributed by atoms with E-state index in [9.17, 15) is 0 Å². The van der Waals surface area contributed by atoms with Crippen LogP contribution >= 0.6 is 27.3 Å². The van der Waals surface area contributed by atoms with Crippen LogP contribution in [-0.2, 0) is 0 Å². The second-order valence-electron chi connectivity index (χ2n) is 3.85. The van der Waals surface area contributed by atoms with Crippen molar-refractivity contribution in [2.75, 3.05) is 23.3 Å². The van der Waals surface area contributed by atoms with Crippen molar-refractivity contribution < 1.29 is 0 Å². The molecule has 0 aliphatic carbocycles. The van der Waals surface area contributed by atoms with E-state index in [4.69, 9.17) is 0 Å². The standard InChI is InChI=1S/C10H15BrN2S/c1-8-7-14-10(12-8)13-5-3-9(6-13)2-4-11/h7,9H,2-6H2,1H3. The van der Waals surface area contributed by atoms with Gasteiger partial charge in [-0.3, -0.25) is 0 Å². The number of thiazole rings is 1. The van der Waals surface area contributed by atoms with Crippen LogP contribution in [0.4, 0.5) is 5.13 Å². The fraction of sp³-hybridized carbons (Fsp3) is 0.700. The van der Waals surface area contributed by atoms with E-state index in [0.717, 1.165) is 16.9 Å². The topological polar surface area (TPSA) is 16.1 Å². The Balaban J connectivity index is 1.95. The summed E-state index contributed by atoms with van der Waals surface area (Å²) in [5.74, 6) is 0.860. The average molecular weight is 275 g/mol. The Morgan fingerprint density at radius 2 is 2.57 bits per heavy atom. The highest BCUT2D eigenvalue weighted by atomic mass is 79.9. The molecular weight excluding hydrogens is 260 g/mol. The third-order valence-electron chi connectivity index (χ3n) is 2.68. The lowest BCUT2D eigenvalue weighted by molar-refractivity contribution is 0.576. The molecule has 1 atom stereocenters. The number of halogens is 1. The number of alkyl halides is 1. The average Bonchev–Trinajstić information content (AvgIpc) is 2.74. The maximum absolute atomic E-state index is 4.52. The Kier molecular flexibility index (Phi) is 3.44. The van der Waals surface area contributed by atoms with Crippen molar-refractivity contribution in [3.05, 3.63) is 11.1 Å². The third kappa shape index (κ3) is 2.28. The number of anilines is 1. The van der Waals surface area contributed by atoms with Gasteiger partial charge in [0, 0.05) is 23.8 Å². The van der Waals surface area contributed by atoms with Crippen molar-refractivity contribution in [2.45, 2.75) is 19.8 Å². The minimum Gasteiger partial charge on any atom is -0.348 e. The Hall–Kier alpha value is -0.0900. The van der Waals surface area contributed by atoms with Crippen LogP contribution in [0.5, 0.6) is 0 Å². The number of rotatable bonds is 3. The van der Waals surface area contributed by atoms with Gasteiger partial charge in [-0.15, -0.1) is 11.3 Å². The van der Waals surface area contributed by atoms with E-state index in [-0.39, 0.29) is 0 Å². The largest absolute Gasteiger partial charge is 0.348 e. The maximum atomic E-state index is 4.52. The zero-order valence-corrected chi connectivity index (χ0v) is 10.8. The first-order valence-corrected chi connectivity index (χ1v) is 7.02. The minimum absolute atomic E-state index is 0.860. The number of aryl methyl sites for hydroxylation is 1. The molecule has 1 aromatic heterocycles. The third-order valence-corrected chi connectivity index (χ3v) is 4.16. The molecule has 78 valence electrons. The summed E-state index contributed by atoms with van der Waals surface area (Å²) in [4.78, 5) is 6.94. The van der Waals surface area contributed by atoms with Crippen LogP contribution in [0.3, 0.4) is 0 Å². The molecule has 2 rings (SSSR count). The monoisotopic (exact) mass is 274 g/mol. The first-order chi connectivity index (χ1) is 6.79. The molecule has 0 amide bonds. The molecule has 0 radical (unpaired) electrons. The SMILES string of the molecule is Cc1csc(N2CCC(CCBr)C2)n1. The fourth-order valence-electron chi connectivity index (χ4n) is 1.88. The Labute approximate surface area is 97.5 Å². The van der Waals surface area contributed by atoms with Crippen molar-refractivity contribution in [3.63, 3.8) is 0 Å². The van der Waals surface area contributed by atoms with Gasteiger partial charge in [-0.1, -0.05) is 15.9 Å². The highest BCUT2D eigenvalue weighted by Crippen LogP contribution is 2.28. The van der Waals surface area contributed by atoms with Gasteiger partial charge in [0.05, 0.1) is 5.69 Å². The molecule has 1 aromatic rings. The molecule has 1 saturated heterocycles. The summed E-state index contributed by atoms with van der Waals surface area (Å²) in [5.41, 5.74) is 1.15. The van der Waals surface area contributed by atoms with E-state index >= 15 is 0 Å². The highest BCUT2D eigenvalue weighted by molar-refractivity contribution is 9.09. The molecular formula is C10H15BrN2S. The summed E-state index contributed by atoms with van der Waals surface area (Å²) in [7, 11) is 0. The summed E-state index contributed by atoms with van der Waals surface area (Å²) >= 11 is 5.28. The summed E-state index contributed by atoms with van der Waals surface area (Å²) in [6.07, 6.45) is 2.62. The van der Waals surface area contributed by atoms with Gasteiger partial charge in [0.15, 0.2) is 5.13 Å². The van der Waals surface area contributed by atoms with E-state index < -0.39 is 0 Å². The normalized spacial score (nSPS) is 21.9. The lowest BCUT2D eigenvalue weighted by Crippen LogP contribution is -2.19. The van der Waals surface area contributed by atoms with Crippen LogP contribution in [0.25, 0.3) is 0 Å². The van der Waals surface area contributed by atoms with Crippen molar-refractivity contribution in [3.8, 4) is 0 Å². The Bertz CT molecular complexity index is 300. The van der Waals surface area contributed by atoms with E-state index in [2.05, 4.69) is 38.1 Å². The molecule has 0 spiro atoms. The second-order valence-corrected chi connectivity index (χ2v) is 5.48. The molecule has 0 N–H and O–H groups in total. The first kappa shape index (κ1) is 10.4. The van der Waals surface area contributed by atoms with Crippen LogP contribution in [0.1, 0.15) is 18.5 Å². The molecule has 4 heteroatoms. The van der Waals surface area contributed by atoms with Crippen LogP contribution in [0, 0.1) is 12.8 Å². The van der Waals surface area contributed by atoms with E-state index in [1.165, 1.54) is 31.1 Å². The van der Waals surface area contributed by atoms with Crippen LogP contribution in [-0.4, -0.2) is 23.4 Å². The van der Waals surface area contributed by atoms with Crippen molar-refractivity contribution >= 4 is 32.4 Å². The van der Waals surface area contributed by atoms with Gasteiger partial charge in [-0.05, 0) is 25.7 Å². The fourth-order valence-corrected chi connectivity index (χ4v) is 3.37. The van der Waals surface area contributed by atoms with E-state index in [1.54, 1.807) is 11.3 Å². The molecule has 1 unspecified atom stereocenters. The molecule has 0 saturated carbocycles. The molecule has 1 aliphatic rings. The summed E-state index contributed by atoms with van der Waals surface area (Å²) in [6, 6.07) is 0. The predicted molar refractivity (Wildman–Crippen MR) is 65.6 cm³/mol. The minimum atomic E-state index is 0.860. The number of hydrogen-bond acceptors (Lipinski definition) is 3. The van der Waals surface area contributed by atoms with Gasteiger partial charge in [0.25, 0.3) is 0 Å². The highest BCUT2D eigenvalue weighted by Gasteiger charge is 2.23. The predicted octanol–water partition coefficient (Wildman–Crippen LogP) is 3.06. The van der Waals surface area contributed by atoms with Gasteiger partial charge >= 0.3 is 0 Å². The first-order valence-electron chi connectivity index (χ1n) is 5.02. The van der Waals surface area contributed by atoms with E-state index in [0.29, 0.717) is 0 Å². The summed E-state index contributed by atoms with van der Waals surface area (Å²) < 4.78 is 0. The molecule has 0 aromatic carbocycles. The summed E-state index contributed by atoms with van der Waals surface area (Å²) in [6.45, 7) is 4.44. The number of hydrogen-bond donors (Lipinski definition) is 0. The smallest absolute Gasteiger partial charge is 0.185 e. The molecule has 14 heavy (non-hydrogen) atoms. The van der Waals surface area contributed by atoms with Crippen LogP contribution < -0.4 is 4.90 Å². The zero-order valence-electron chi connectivity index (χ0n) is 8.37. The van der Waals surface area contributed by atoms with Crippen LogP contribution in [0.15, 0.2) is 5.38 Å². The maximum Gasteiger partial charge on any atom is 0.185 e. The van der Waals surface area contributed by atoms with Crippen molar-refractivity contribution in [1.29, 1.82) is 0 Å². The molecule has 1 aliphatic heterocycles. The second kappa shape index (κ2) is 4.62. The van der Waals surface area contributed by atoms with Gasteiger partial charge < -0.3 is 4.90 Å². The molecule has 2 heterocycles. The van der Waals surface area contributed by atoms with Gasteiger partial charge in [0.2, 0.25) is 0 Å². The van der Waals surface area contributed by atoms with E-state index in [1.807, 2.05) is 0 Å². The van der Waals surface area contributed by atoms with Gasteiger partial charge in [-0.25, -0.2) is 4.98 Å². The van der Waals surface area contributed by atoms with Gasteiger partial charge in [-0.2, -0.15) is 0 Å². The van der Waals surface area contributed by atoms with Crippen LogP contribution in [0.2, 0.25) is 0 Å². The number of nitrogens with zero attached hydrogens (tertiary/aromatic N) is 2. The van der Waals surface area contributed by atoms with Gasteiger partial charge in [0.1, 0.15) is 0 Å². The number of aromatic nitrogens is 1. The van der Waals surface area contributed by atoms with Crippen molar-refractivity contribution in [2.24, 2.45) is 5.92 Å². The lowest BCUT2D eigenvalue weighted by Gasteiger charge is -2.14. The molecule has 2 nitrogen and oxygen atoms in total. The Morgan fingerprint density at radius 1 is 1.71 bits per heavy atom. The summed E-state index contributed by atoms with van der Waals surface area (Å²) in [5, 5.41) is 4.47. The Morgan fingerprint density at radius 3 is 3.21 bits per heavy atom. The lowest BCUT2D eigenvalue weighted by atomic mass is 10.1. The van der Waals surface area contributed by atoms with Crippen molar-refractivity contribution in [1.82, 2.24) is 4.98 Å². The molecule has 1 fully saturated rings. The quantitative estimate of drug-likeness (QED) is 0.788. The zero-order chi connectivity index (χ0) is 9.97.